The van der Waals surface area contributed by atoms with Crippen LogP contribution in [-0.4, -0.2) is 36.2 Å². The van der Waals surface area contributed by atoms with Gasteiger partial charge in [0.2, 0.25) is 0 Å². The van der Waals surface area contributed by atoms with Gasteiger partial charge in [0.25, 0.3) is 16.0 Å². The zero-order chi connectivity index (χ0) is 19.3. The summed E-state index contributed by atoms with van der Waals surface area (Å²) in [4.78, 5) is 16.2. The molecule has 25 heavy (non-hydrogen) atoms. The minimum Gasteiger partial charge on any atom is -0.350 e. The van der Waals surface area contributed by atoms with Crippen LogP contribution in [-0.2, 0) is 15.5 Å². The lowest BCUT2D eigenvalue weighted by Crippen LogP contribution is -2.30. The number of rotatable bonds is 7. The molecule has 0 aromatic carbocycles. The van der Waals surface area contributed by atoms with E-state index in [0.29, 0.717) is 0 Å². The first-order chi connectivity index (χ1) is 11.4. The first kappa shape index (κ1) is 21.3. The van der Waals surface area contributed by atoms with Gasteiger partial charge in [0.05, 0.1) is 5.75 Å². The van der Waals surface area contributed by atoms with Gasteiger partial charge in [0.15, 0.2) is 0 Å². The van der Waals surface area contributed by atoms with Crippen molar-refractivity contribution in [3.8, 4) is 0 Å². The number of carbonyl (C=O) groups excluding carboxylic acids is 1. The summed E-state index contributed by atoms with van der Waals surface area (Å²) in [6.45, 7) is 10.4. The number of hydrogen-bond donors (Lipinski definition) is 2. The first-order valence-electron chi connectivity index (χ1n) is 8.26. The van der Waals surface area contributed by atoms with Crippen LogP contribution in [0.25, 0.3) is 0 Å². The molecular formula is C18H28N2O4S. The molecule has 1 aromatic rings. The highest BCUT2D eigenvalue weighted by molar-refractivity contribution is 7.85. The molecule has 1 atom stereocenters. The van der Waals surface area contributed by atoms with E-state index in [1.165, 1.54) is 0 Å². The van der Waals surface area contributed by atoms with Crippen LogP contribution in [0.15, 0.2) is 30.5 Å². The summed E-state index contributed by atoms with van der Waals surface area (Å²) in [7, 11) is -4.10. The zero-order valence-electron chi connectivity index (χ0n) is 15.5. The van der Waals surface area contributed by atoms with Gasteiger partial charge in [-0.2, -0.15) is 8.42 Å². The summed E-state index contributed by atoms with van der Waals surface area (Å²) >= 11 is 0. The Balaban J connectivity index is 2.98. The van der Waals surface area contributed by atoms with Crippen LogP contribution >= 0.6 is 0 Å². The van der Waals surface area contributed by atoms with E-state index in [1.807, 2.05) is 6.07 Å². The third-order valence-electron chi connectivity index (χ3n) is 3.98. The van der Waals surface area contributed by atoms with Gasteiger partial charge in [0, 0.05) is 18.2 Å². The molecule has 1 rings (SSSR count). The van der Waals surface area contributed by atoms with Gasteiger partial charge < -0.3 is 5.32 Å². The lowest BCUT2D eigenvalue weighted by Gasteiger charge is -2.27. The minimum absolute atomic E-state index is 0.0550. The molecule has 1 aromatic heterocycles. The molecule has 7 heteroatoms. The number of nitrogens with one attached hydrogen (secondary N) is 1. The number of amides is 1. The highest BCUT2D eigenvalue weighted by Crippen LogP contribution is 2.31. The maximum Gasteiger partial charge on any atom is 0.269 e. The summed E-state index contributed by atoms with van der Waals surface area (Å²) in [5.74, 6) is -0.997. The maximum absolute atomic E-state index is 12.1. The van der Waals surface area contributed by atoms with Crippen LogP contribution in [0, 0.1) is 5.41 Å². The van der Waals surface area contributed by atoms with Crippen LogP contribution in [0.1, 0.15) is 57.1 Å². The van der Waals surface area contributed by atoms with Crippen molar-refractivity contribution in [2.45, 2.75) is 46.5 Å². The fourth-order valence-electron chi connectivity index (χ4n) is 2.15. The summed E-state index contributed by atoms with van der Waals surface area (Å²) in [5.41, 5.74) is 1.00. The van der Waals surface area contributed by atoms with E-state index in [0.717, 1.165) is 12.0 Å². The van der Waals surface area contributed by atoms with E-state index >= 15 is 0 Å². The van der Waals surface area contributed by atoms with E-state index < -0.39 is 21.8 Å². The number of carbonyl (C=O) groups is 1. The van der Waals surface area contributed by atoms with Crippen molar-refractivity contribution in [1.29, 1.82) is 0 Å². The highest BCUT2D eigenvalue weighted by atomic mass is 32.2. The molecule has 1 heterocycles. The average molecular weight is 368 g/mol. The van der Waals surface area contributed by atoms with Crippen molar-refractivity contribution >= 4 is 16.0 Å². The Hall–Kier alpha value is -1.73. The molecule has 0 fully saturated rings. The van der Waals surface area contributed by atoms with E-state index in [9.17, 15) is 13.2 Å². The zero-order valence-corrected chi connectivity index (χ0v) is 16.4. The molecule has 6 nitrogen and oxygen atoms in total. The molecule has 0 aliphatic rings. The van der Waals surface area contributed by atoms with Crippen molar-refractivity contribution in [2.75, 3.05) is 12.3 Å². The van der Waals surface area contributed by atoms with Gasteiger partial charge in [-0.05, 0) is 29.5 Å². The summed E-state index contributed by atoms with van der Waals surface area (Å²) in [6.07, 6.45) is 6.74. The van der Waals surface area contributed by atoms with Gasteiger partial charge in [0.1, 0.15) is 5.69 Å². The van der Waals surface area contributed by atoms with Gasteiger partial charge in [-0.25, -0.2) is 0 Å². The monoisotopic (exact) mass is 368 g/mol. The maximum atomic E-state index is 12.1. The van der Waals surface area contributed by atoms with Gasteiger partial charge >= 0.3 is 0 Å². The van der Waals surface area contributed by atoms with Gasteiger partial charge in [-0.1, -0.05) is 46.8 Å². The fourth-order valence-corrected chi connectivity index (χ4v) is 2.51. The molecule has 2 N–H and O–H groups in total. The van der Waals surface area contributed by atoms with Crippen molar-refractivity contribution in [3.05, 3.63) is 41.7 Å². The SMILES string of the molecule is CCC(C)(/C=C/C(C)(C)C)c1ccnc(C(=O)NCCS(=O)(=O)O)c1. The Kier molecular flexibility index (Phi) is 6.90. The first-order valence-corrected chi connectivity index (χ1v) is 9.87. The van der Waals surface area contributed by atoms with Crippen LogP contribution in [0.3, 0.4) is 0 Å². The third kappa shape index (κ3) is 7.36. The van der Waals surface area contributed by atoms with E-state index in [2.05, 4.69) is 57.1 Å². The van der Waals surface area contributed by atoms with Crippen LogP contribution < -0.4 is 5.32 Å². The van der Waals surface area contributed by atoms with Gasteiger partial charge in [-0.15, -0.1) is 0 Å². The second kappa shape index (κ2) is 8.10. The fraction of sp³-hybridized carbons (Fsp3) is 0.556. The Morgan fingerprint density at radius 2 is 1.92 bits per heavy atom. The van der Waals surface area contributed by atoms with Crippen molar-refractivity contribution in [2.24, 2.45) is 5.41 Å². The predicted octanol–water partition coefficient (Wildman–Crippen LogP) is 2.97. The normalized spacial score (nSPS) is 15.1. The molecule has 0 saturated heterocycles. The smallest absolute Gasteiger partial charge is 0.269 e. The Morgan fingerprint density at radius 3 is 2.44 bits per heavy atom. The molecule has 0 spiro atoms. The molecule has 0 bridgehead atoms. The van der Waals surface area contributed by atoms with Crippen molar-refractivity contribution < 1.29 is 17.8 Å². The van der Waals surface area contributed by atoms with Crippen molar-refractivity contribution in [1.82, 2.24) is 10.3 Å². The standard InChI is InChI=1S/C18H28N2O4S/c1-6-18(5,9-8-17(2,3)4)14-7-10-19-15(13-14)16(21)20-11-12-25(22,23)24/h7-10,13H,6,11-12H2,1-5H3,(H,20,21)(H,22,23,24)/b9-8+. The molecule has 0 radical (unpaired) electrons. The quantitative estimate of drug-likeness (QED) is 0.570. The Bertz CT molecular complexity index is 736. The number of allylic oxidation sites excluding steroid dienone is 2. The lowest BCUT2D eigenvalue weighted by atomic mass is 9.78. The van der Waals surface area contributed by atoms with Crippen LogP contribution in [0.4, 0.5) is 0 Å². The van der Waals surface area contributed by atoms with Crippen LogP contribution in [0.5, 0.6) is 0 Å². The Labute approximate surface area is 150 Å². The van der Waals surface area contributed by atoms with Crippen LogP contribution in [0.2, 0.25) is 0 Å². The molecule has 1 unspecified atom stereocenters. The molecule has 1 amide bonds. The largest absolute Gasteiger partial charge is 0.350 e. The highest BCUT2D eigenvalue weighted by Gasteiger charge is 2.23. The number of pyridine rings is 1. The van der Waals surface area contributed by atoms with E-state index in [4.69, 9.17) is 4.55 Å². The predicted molar refractivity (Wildman–Crippen MR) is 99.2 cm³/mol. The molecule has 140 valence electrons. The third-order valence-corrected chi connectivity index (χ3v) is 4.70. The van der Waals surface area contributed by atoms with Gasteiger partial charge in [-0.3, -0.25) is 14.3 Å². The van der Waals surface area contributed by atoms with Crippen molar-refractivity contribution in [3.63, 3.8) is 0 Å². The molecule has 0 aliphatic heterocycles. The number of hydrogen-bond acceptors (Lipinski definition) is 4. The van der Waals surface area contributed by atoms with E-state index in [-0.39, 0.29) is 23.1 Å². The summed E-state index contributed by atoms with van der Waals surface area (Å²) in [6, 6.07) is 3.60. The second-order valence-corrected chi connectivity index (χ2v) is 9.01. The molecule has 0 aliphatic carbocycles. The topological polar surface area (TPSA) is 96.4 Å². The molecular weight excluding hydrogens is 340 g/mol. The Morgan fingerprint density at radius 1 is 1.28 bits per heavy atom. The lowest BCUT2D eigenvalue weighted by molar-refractivity contribution is 0.0951. The summed E-state index contributed by atoms with van der Waals surface area (Å²) in [5, 5.41) is 2.45. The molecule has 0 saturated carbocycles. The second-order valence-electron chi connectivity index (χ2n) is 7.44. The summed E-state index contributed by atoms with van der Waals surface area (Å²) < 4.78 is 30.1. The minimum atomic E-state index is -4.10. The van der Waals surface area contributed by atoms with E-state index in [1.54, 1.807) is 12.3 Å². The number of aromatic nitrogens is 1. The average Bonchev–Trinajstić information content (AvgIpc) is 2.50. The number of nitrogens with zero attached hydrogens (tertiary/aromatic N) is 1.